The maximum Gasteiger partial charge on any atom is 0.124 e. The Morgan fingerprint density at radius 3 is 1.08 bits per heavy atom. The van der Waals surface area contributed by atoms with Gasteiger partial charge in [-0.25, -0.2) is 0 Å². The molecule has 50 heavy (non-hydrogen) atoms. The van der Waals surface area contributed by atoms with Crippen LogP contribution in [0.5, 0.6) is 11.5 Å². The summed E-state index contributed by atoms with van der Waals surface area (Å²) in [5.74, 6) is 0.669. The number of phenols is 2. The van der Waals surface area contributed by atoms with Gasteiger partial charge in [0.05, 0.1) is 0 Å². The van der Waals surface area contributed by atoms with E-state index in [1.54, 1.807) is 0 Å². The average Bonchev–Trinajstić information content (AvgIpc) is 3.55. The highest BCUT2D eigenvalue weighted by molar-refractivity contribution is 5.85. The van der Waals surface area contributed by atoms with E-state index in [2.05, 4.69) is 159 Å². The first-order valence-corrected chi connectivity index (χ1v) is 17.6. The molecule has 8 rings (SSSR count). The fraction of sp³-hybridized carbons (Fsp3) is 0.217. The van der Waals surface area contributed by atoms with Gasteiger partial charge in [-0.15, -0.1) is 0 Å². The Morgan fingerprint density at radius 2 is 0.740 bits per heavy atom. The van der Waals surface area contributed by atoms with Crippen molar-refractivity contribution in [2.45, 2.75) is 37.8 Å². The van der Waals surface area contributed by atoms with Crippen LogP contribution in [0.25, 0.3) is 22.3 Å². The van der Waals surface area contributed by atoms with Gasteiger partial charge in [-0.2, -0.15) is 0 Å². The summed E-state index contributed by atoms with van der Waals surface area (Å²) in [7, 11) is 4.17. The topological polar surface area (TPSA) is 46.9 Å². The fourth-order valence-corrected chi connectivity index (χ4v) is 8.77. The first-order chi connectivity index (χ1) is 24.2. The molecule has 0 spiro atoms. The zero-order valence-electron chi connectivity index (χ0n) is 29.3. The summed E-state index contributed by atoms with van der Waals surface area (Å²) >= 11 is 0. The number of benzene rings is 6. The van der Waals surface area contributed by atoms with Gasteiger partial charge in [0.25, 0.3) is 0 Å². The predicted octanol–water partition coefficient (Wildman–Crippen LogP) is 9.33. The number of hydrogen-bond acceptors (Lipinski definition) is 4. The average molecular weight is 657 g/mol. The molecule has 4 heteroatoms. The summed E-state index contributed by atoms with van der Waals surface area (Å²) < 4.78 is 0. The Balaban J connectivity index is 1.16. The van der Waals surface area contributed by atoms with Gasteiger partial charge < -0.3 is 15.1 Å². The summed E-state index contributed by atoms with van der Waals surface area (Å²) in [4.78, 5) is 4.52. The molecule has 0 heterocycles. The number of aromatic hydroxyl groups is 2. The van der Waals surface area contributed by atoms with Crippen molar-refractivity contribution < 1.29 is 10.2 Å². The molecule has 2 aliphatic carbocycles. The zero-order valence-corrected chi connectivity index (χ0v) is 29.3. The van der Waals surface area contributed by atoms with Crippen molar-refractivity contribution in [1.82, 2.24) is 9.80 Å². The minimum Gasteiger partial charge on any atom is -0.507 e. The summed E-state index contributed by atoms with van der Waals surface area (Å²) in [6, 6.07) is 46.7. The molecule has 0 aliphatic heterocycles. The quantitative estimate of drug-likeness (QED) is 0.163. The molecular weight excluding hydrogens is 613 g/mol. The van der Waals surface area contributed by atoms with E-state index in [1.807, 2.05) is 12.1 Å². The lowest BCUT2D eigenvalue weighted by Crippen LogP contribution is -2.31. The Morgan fingerprint density at radius 1 is 0.420 bits per heavy atom. The van der Waals surface area contributed by atoms with Gasteiger partial charge in [-0.3, -0.25) is 4.90 Å². The van der Waals surface area contributed by atoms with Crippen LogP contribution in [0.4, 0.5) is 0 Å². The third-order valence-electron chi connectivity index (χ3n) is 11.4. The SMILES string of the molecule is CN(C)CCN(Cc1cccc(C2(C)c3ccccc3-c3ccccc32)c1O)Cc1cccc(C2(C)c3ccccc3-c3ccccc32)c1O. The summed E-state index contributed by atoms with van der Waals surface area (Å²) in [6.07, 6.45) is 0. The molecule has 0 atom stereocenters. The molecule has 4 nitrogen and oxygen atoms in total. The van der Waals surface area contributed by atoms with Crippen molar-refractivity contribution in [3.05, 3.63) is 178 Å². The molecule has 2 N–H and O–H groups in total. The lowest BCUT2D eigenvalue weighted by atomic mass is 9.73. The van der Waals surface area contributed by atoms with Crippen LogP contribution in [0.2, 0.25) is 0 Å². The molecule has 250 valence electrons. The van der Waals surface area contributed by atoms with Crippen molar-refractivity contribution in [3.63, 3.8) is 0 Å². The van der Waals surface area contributed by atoms with Crippen LogP contribution < -0.4 is 0 Å². The van der Waals surface area contributed by atoms with Crippen LogP contribution >= 0.6 is 0 Å². The number of fused-ring (bicyclic) bond motifs is 6. The molecule has 0 radical (unpaired) electrons. The van der Waals surface area contributed by atoms with Crippen molar-refractivity contribution in [2.24, 2.45) is 0 Å². The standard InChI is InChI=1S/C46H44N2O2/c1-45(37-21-9-5-17-33(37)34-18-6-10-22-38(34)45)41-25-13-15-31(43(41)49)29-48(28-27-47(3)4)30-32-16-14-26-42(44(32)50)46(2)39-23-11-7-19-35(39)36-20-8-12-24-40(36)46/h5-26,49-50H,27-30H2,1-4H3. The van der Waals surface area contributed by atoms with Crippen LogP contribution in [0.15, 0.2) is 133 Å². The first-order valence-electron chi connectivity index (χ1n) is 17.6. The molecule has 0 unspecified atom stereocenters. The highest BCUT2D eigenvalue weighted by Gasteiger charge is 2.43. The highest BCUT2D eigenvalue weighted by atomic mass is 16.3. The van der Waals surface area contributed by atoms with Gasteiger partial charge in [0, 0.05) is 59.3 Å². The normalized spacial score (nSPS) is 14.8. The summed E-state index contributed by atoms with van der Waals surface area (Å²) in [5, 5.41) is 24.3. The van der Waals surface area contributed by atoms with Crippen LogP contribution in [0.1, 0.15) is 58.4 Å². The minimum absolute atomic E-state index is 0.334. The number of phenolic OH excluding ortho intramolecular Hbond substituents is 2. The molecule has 6 aromatic carbocycles. The van der Waals surface area contributed by atoms with Crippen molar-refractivity contribution in [3.8, 4) is 33.8 Å². The molecule has 6 aromatic rings. The number of rotatable bonds is 9. The van der Waals surface area contributed by atoms with E-state index in [9.17, 15) is 10.2 Å². The van der Waals surface area contributed by atoms with Gasteiger partial charge in [0.1, 0.15) is 11.5 Å². The molecule has 0 saturated carbocycles. The Kier molecular flexibility index (Phi) is 7.90. The molecule has 0 aromatic heterocycles. The second kappa shape index (κ2) is 12.3. The van der Waals surface area contributed by atoms with E-state index < -0.39 is 10.8 Å². The molecule has 2 aliphatic rings. The Labute approximate surface area is 295 Å². The van der Waals surface area contributed by atoms with Gasteiger partial charge in [-0.1, -0.05) is 133 Å². The summed E-state index contributed by atoms with van der Waals surface area (Å²) in [6.45, 7) is 7.18. The maximum atomic E-state index is 12.1. The lowest BCUT2D eigenvalue weighted by Gasteiger charge is -2.32. The van der Waals surface area contributed by atoms with Crippen molar-refractivity contribution in [1.29, 1.82) is 0 Å². The fourth-order valence-electron chi connectivity index (χ4n) is 8.77. The van der Waals surface area contributed by atoms with Crippen LogP contribution in [0, 0.1) is 0 Å². The molecule has 0 bridgehead atoms. The van der Waals surface area contributed by atoms with Gasteiger partial charge in [0.15, 0.2) is 0 Å². The third-order valence-corrected chi connectivity index (χ3v) is 11.4. The molecule has 0 fully saturated rings. The first kappa shape index (κ1) is 32.1. The van der Waals surface area contributed by atoms with E-state index in [4.69, 9.17) is 0 Å². The van der Waals surface area contributed by atoms with E-state index in [0.29, 0.717) is 24.6 Å². The van der Waals surface area contributed by atoms with Gasteiger partial charge in [0.2, 0.25) is 0 Å². The van der Waals surface area contributed by atoms with Crippen molar-refractivity contribution in [2.75, 3.05) is 27.2 Å². The number of para-hydroxylation sites is 2. The van der Waals surface area contributed by atoms with Crippen molar-refractivity contribution >= 4 is 0 Å². The lowest BCUT2D eigenvalue weighted by molar-refractivity contribution is 0.221. The van der Waals surface area contributed by atoms with E-state index in [1.165, 1.54) is 44.5 Å². The molecule has 0 amide bonds. The minimum atomic E-state index is -0.488. The predicted molar refractivity (Wildman–Crippen MR) is 204 cm³/mol. The van der Waals surface area contributed by atoms with E-state index in [0.717, 1.165) is 35.3 Å². The second-order valence-corrected chi connectivity index (χ2v) is 14.6. The number of nitrogens with zero attached hydrogens (tertiary/aromatic N) is 2. The largest absolute Gasteiger partial charge is 0.507 e. The maximum absolute atomic E-state index is 12.1. The van der Waals surface area contributed by atoms with Gasteiger partial charge in [-0.05, 0) is 72.5 Å². The number of hydrogen-bond donors (Lipinski definition) is 2. The smallest absolute Gasteiger partial charge is 0.124 e. The van der Waals surface area contributed by atoms with Crippen LogP contribution in [-0.4, -0.2) is 47.2 Å². The third kappa shape index (κ3) is 4.89. The monoisotopic (exact) mass is 656 g/mol. The summed E-state index contributed by atoms with van der Waals surface area (Å²) in [5.41, 5.74) is 12.3. The Bertz CT molecular complexity index is 1990. The molecule has 0 saturated heterocycles. The highest BCUT2D eigenvalue weighted by Crippen LogP contribution is 2.56. The zero-order chi connectivity index (χ0) is 34.6. The molecular formula is C46H44N2O2. The Hall–Kier alpha value is -5.16. The van der Waals surface area contributed by atoms with E-state index in [-0.39, 0.29) is 0 Å². The van der Waals surface area contributed by atoms with Gasteiger partial charge >= 0.3 is 0 Å². The second-order valence-electron chi connectivity index (χ2n) is 14.6. The van der Waals surface area contributed by atoms with Crippen LogP contribution in [-0.2, 0) is 23.9 Å². The van der Waals surface area contributed by atoms with E-state index >= 15 is 0 Å². The van der Waals surface area contributed by atoms with Crippen LogP contribution in [0.3, 0.4) is 0 Å². The number of likely N-dealkylation sites (N-methyl/N-ethyl adjacent to an activating group) is 1.